The van der Waals surface area contributed by atoms with Gasteiger partial charge in [-0.3, -0.25) is 10.2 Å². The van der Waals surface area contributed by atoms with Crippen LogP contribution in [0, 0.1) is 18.3 Å². The number of aryl methyl sites for hydroxylation is 1. The van der Waals surface area contributed by atoms with E-state index in [-0.39, 0.29) is 27.3 Å². The van der Waals surface area contributed by atoms with Gasteiger partial charge in [0.1, 0.15) is 5.69 Å². The predicted molar refractivity (Wildman–Crippen MR) is 152 cm³/mol. The van der Waals surface area contributed by atoms with E-state index in [1.165, 1.54) is 17.1 Å². The fourth-order valence-corrected chi connectivity index (χ4v) is 4.90. The van der Waals surface area contributed by atoms with Crippen molar-refractivity contribution in [1.82, 2.24) is 5.43 Å². The molecule has 37 heavy (non-hydrogen) atoms. The summed E-state index contributed by atoms with van der Waals surface area (Å²) in [5.74, 6) is -0.269. The molecule has 0 bridgehead atoms. The van der Waals surface area contributed by atoms with Gasteiger partial charge < -0.3 is 4.90 Å². The number of amides is 1. The van der Waals surface area contributed by atoms with Gasteiger partial charge in [-0.2, -0.15) is 5.26 Å². The zero-order valence-corrected chi connectivity index (χ0v) is 22.7. The van der Waals surface area contributed by atoms with E-state index in [4.69, 9.17) is 45.1 Å². The molecule has 10 heteroatoms. The average Bonchev–Trinajstić information content (AvgIpc) is 3.15. The second-order valence-corrected chi connectivity index (χ2v) is 9.44. The summed E-state index contributed by atoms with van der Waals surface area (Å²) >= 11 is 18.9. The van der Waals surface area contributed by atoms with Gasteiger partial charge in [-0.05, 0) is 80.9 Å². The first kappa shape index (κ1) is 26.5. The Morgan fingerprint density at radius 2 is 1.62 bits per heavy atom. The highest BCUT2D eigenvalue weighted by Gasteiger charge is 2.37. The molecule has 188 valence electrons. The van der Waals surface area contributed by atoms with Gasteiger partial charge >= 0.3 is 0 Å². The van der Waals surface area contributed by atoms with Crippen LogP contribution in [0.2, 0.25) is 15.1 Å². The van der Waals surface area contributed by atoms with Crippen LogP contribution in [0.4, 0.5) is 22.7 Å². The molecule has 0 aromatic heterocycles. The molecule has 0 spiro atoms. The molecule has 1 saturated heterocycles. The minimum absolute atomic E-state index is 0.0881. The maximum Gasteiger partial charge on any atom is 0.299 e. The van der Waals surface area contributed by atoms with Gasteiger partial charge in [0.2, 0.25) is 0 Å². The van der Waals surface area contributed by atoms with E-state index < -0.39 is 5.91 Å². The summed E-state index contributed by atoms with van der Waals surface area (Å²) in [6.07, 6.45) is 0. The summed E-state index contributed by atoms with van der Waals surface area (Å²) in [4.78, 5) is 25.2. The lowest BCUT2D eigenvalue weighted by Gasteiger charge is -2.21. The molecule has 0 aliphatic carbocycles. The molecule has 4 rings (SSSR count). The number of nitriles is 1. The number of benzene rings is 3. The standard InChI is InChI=1S/C27H23Cl3N6O/c1-4-35(5-2)20-10-11-23(16(3)12-20)33-24-26(32-19-8-6-17(15-31)7-9-19)34-36(27(24)37)25-21(29)13-18(28)14-22(25)30/h6-14H,4-5H2,1-3H3,(H,32,34). The molecule has 0 radical (unpaired) electrons. The molecule has 0 atom stereocenters. The first-order valence-electron chi connectivity index (χ1n) is 11.5. The topological polar surface area (TPSA) is 84.1 Å². The summed E-state index contributed by atoms with van der Waals surface area (Å²) in [6, 6.07) is 17.6. The Bertz CT molecular complexity index is 1430. The summed E-state index contributed by atoms with van der Waals surface area (Å²) in [5, 5.41) is 11.0. The minimum Gasteiger partial charge on any atom is -0.372 e. The Balaban J connectivity index is 1.82. The Kier molecular flexibility index (Phi) is 8.03. The van der Waals surface area contributed by atoms with E-state index in [1.807, 2.05) is 25.1 Å². The first-order chi connectivity index (χ1) is 17.7. The van der Waals surface area contributed by atoms with Crippen LogP contribution in [0.1, 0.15) is 25.0 Å². The second kappa shape index (κ2) is 11.2. The van der Waals surface area contributed by atoms with E-state index in [9.17, 15) is 4.79 Å². The Labute approximate surface area is 230 Å². The SMILES string of the molecule is CCN(CC)c1ccc(N=C2C(=O)N(c3c(Cl)cc(Cl)cc3Cl)NC2=Nc2ccc(C#N)cc2)c(C)c1. The number of hydrogen-bond donors (Lipinski definition) is 1. The van der Waals surface area contributed by atoms with E-state index in [1.54, 1.807) is 24.3 Å². The fourth-order valence-electron chi connectivity index (χ4n) is 3.91. The molecular weight excluding hydrogens is 531 g/mol. The highest BCUT2D eigenvalue weighted by molar-refractivity contribution is 6.72. The highest BCUT2D eigenvalue weighted by Crippen LogP contribution is 2.37. The minimum atomic E-state index is -0.481. The number of hydrazine groups is 1. The second-order valence-electron chi connectivity index (χ2n) is 8.19. The number of nitrogens with one attached hydrogen (secondary N) is 1. The van der Waals surface area contributed by atoms with Crippen LogP contribution in [-0.4, -0.2) is 30.5 Å². The molecule has 1 aliphatic rings. The third kappa shape index (κ3) is 5.57. The van der Waals surface area contributed by atoms with Crippen LogP contribution in [0.25, 0.3) is 0 Å². The monoisotopic (exact) mass is 552 g/mol. The number of aliphatic imine (C=N–C) groups is 2. The summed E-state index contributed by atoms with van der Waals surface area (Å²) in [7, 11) is 0. The third-order valence-corrected chi connectivity index (χ3v) is 6.63. The molecule has 1 heterocycles. The van der Waals surface area contributed by atoms with E-state index in [2.05, 4.69) is 35.2 Å². The van der Waals surface area contributed by atoms with Crippen molar-refractivity contribution in [3.05, 3.63) is 80.8 Å². The van der Waals surface area contributed by atoms with Crippen molar-refractivity contribution in [2.75, 3.05) is 23.0 Å². The smallest absolute Gasteiger partial charge is 0.299 e. The lowest BCUT2D eigenvalue weighted by Crippen LogP contribution is -2.36. The number of carbonyl (C=O) groups is 1. The lowest BCUT2D eigenvalue weighted by atomic mass is 10.1. The third-order valence-electron chi connectivity index (χ3n) is 5.83. The zero-order chi connectivity index (χ0) is 26.7. The molecule has 7 nitrogen and oxygen atoms in total. The number of nitrogens with zero attached hydrogens (tertiary/aromatic N) is 5. The van der Waals surface area contributed by atoms with Crippen molar-refractivity contribution in [3.63, 3.8) is 0 Å². The highest BCUT2D eigenvalue weighted by atomic mass is 35.5. The van der Waals surface area contributed by atoms with Gasteiger partial charge in [-0.25, -0.2) is 15.0 Å². The molecule has 3 aromatic rings. The molecule has 1 aliphatic heterocycles. The lowest BCUT2D eigenvalue weighted by molar-refractivity contribution is -0.112. The van der Waals surface area contributed by atoms with Crippen molar-refractivity contribution in [1.29, 1.82) is 5.26 Å². The molecule has 1 fully saturated rings. The van der Waals surface area contributed by atoms with Crippen LogP contribution < -0.4 is 15.3 Å². The van der Waals surface area contributed by atoms with Crippen LogP contribution in [0.5, 0.6) is 0 Å². The predicted octanol–water partition coefficient (Wildman–Crippen LogP) is 7.03. The number of carbonyl (C=O) groups excluding carboxylic acids is 1. The Morgan fingerprint density at radius 1 is 0.973 bits per heavy atom. The van der Waals surface area contributed by atoms with E-state index in [0.717, 1.165) is 24.3 Å². The molecule has 0 saturated carbocycles. The largest absolute Gasteiger partial charge is 0.372 e. The van der Waals surface area contributed by atoms with Crippen LogP contribution >= 0.6 is 34.8 Å². The van der Waals surface area contributed by atoms with Crippen LogP contribution in [0.3, 0.4) is 0 Å². The maximum absolute atomic E-state index is 13.6. The molecule has 1 amide bonds. The number of hydrogen-bond acceptors (Lipinski definition) is 5. The number of rotatable bonds is 6. The van der Waals surface area contributed by atoms with Gasteiger partial charge in [0, 0.05) is 23.8 Å². The number of halogens is 3. The summed E-state index contributed by atoms with van der Waals surface area (Å²) in [5.41, 5.74) is 6.96. The Morgan fingerprint density at radius 3 is 2.19 bits per heavy atom. The maximum atomic E-state index is 13.6. The molecule has 0 unspecified atom stereocenters. The molecular formula is C27H23Cl3N6O. The van der Waals surface area contributed by atoms with Gasteiger partial charge in [-0.1, -0.05) is 34.8 Å². The quantitative estimate of drug-likeness (QED) is 0.355. The first-order valence-corrected chi connectivity index (χ1v) is 12.7. The molecule has 3 aromatic carbocycles. The summed E-state index contributed by atoms with van der Waals surface area (Å²) < 4.78 is 0. The van der Waals surface area contributed by atoms with Crippen molar-refractivity contribution in [2.45, 2.75) is 20.8 Å². The average molecular weight is 554 g/mol. The van der Waals surface area contributed by atoms with Crippen molar-refractivity contribution in [3.8, 4) is 6.07 Å². The van der Waals surface area contributed by atoms with E-state index >= 15 is 0 Å². The van der Waals surface area contributed by atoms with Crippen LogP contribution in [0.15, 0.2) is 64.6 Å². The van der Waals surface area contributed by atoms with E-state index in [0.29, 0.717) is 22.0 Å². The normalized spacial score (nSPS) is 15.3. The fraction of sp³-hybridized carbons (Fsp3) is 0.185. The van der Waals surface area contributed by atoms with Crippen molar-refractivity contribution < 1.29 is 4.79 Å². The Hall–Kier alpha value is -3.57. The number of anilines is 2. The van der Waals surface area contributed by atoms with Gasteiger partial charge in [0.25, 0.3) is 5.91 Å². The van der Waals surface area contributed by atoms with Crippen LogP contribution in [-0.2, 0) is 4.79 Å². The zero-order valence-electron chi connectivity index (χ0n) is 20.4. The van der Waals surface area contributed by atoms with Gasteiger partial charge in [-0.15, -0.1) is 0 Å². The van der Waals surface area contributed by atoms with Gasteiger partial charge in [0.05, 0.1) is 33.1 Å². The molecule has 1 N–H and O–H groups in total. The van der Waals surface area contributed by atoms with Crippen molar-refractivity contribution >= 4 is 75.0 Å². The van der Waals surface area contributed by atoms with Gasteiger partial charge in [0.15, 0.2) is 11.5 Å². The number of amidine groups is 1. The summed E-state index contributed by atoms with van der Waals surface area (Å²) in [6.45, 7) is 7.91. The van der Waals surface area contributed by atoms with Crippen molar-refractivity contribution in [2.24, 2.45) is 9.98 Å².